The van der Waals surface area contributed by atoms with E-state index in [1.165, 1.54) is 45.0 Å². The van der Waals surface area contributed by atoms with Crippen molar-refractivity contribution in [3.05, 3.63) is 102 Å². The maximum absolute atomic E-state index is 14.6. The topological polar surface area (TPSA) is 397 Å². The van der Waals surface area contributed by atoms with Crippen LogP contribution in [0.4, 0.5) is 0 Å². The van der Waals surface area contributed by atoms with Gasteiger partial charge >= 0.3 is 5.97 Å². The number of nitrogens with zero attached hydrogens (tertiary/aromatic N) is 1. The summed E-state index contributed by atoms with van der Waals surface area (Å²) >= 11 is 0. The van der Waals surface area contributed by atoms with Gasteiger partial charge in [0.15, 0.2) is 5.96 Å². The van der Waals surface area contributed by atoms with Gasteiger partial charge in [0.25, 0.3) is 0 Å². The van der Waals surface area contributed by atoms with Crippen LogP contribution in [-0.4, -0.2) is 136 Å². The molecule has 1 aromatic heterocycles. The molecule has 24 nitrogen and oxygen atoms in total. The van der Waals surface area contributed by atoms with Gasteiger partial charge in [-0.2, -0.15) is 0 Å². The summed E-state index contributed by atoms with van der Waals surface area (Å²) in [6.45, 7) is 3.75. The number of carbonyl (C=O) groups is 9. The zero-order chi connectivity index (χ0) is 55.0. The van der Waals surface area contributed by atoms with Gasteiger partial charge in [-0.05, 0) is 87.4 Å². The molecule has 0 fully saturated rings. The second-order valence-electron chi connectivity index (χ2n) is 17.9. The number of carboxylic acids is 1. The third kappa shape index (κ3) is 20.1. The zero-order valence-electron chi connectivity index (χ0n) is 42.2. The Balaban J connectivity index is 1.60. The quantitative estimate of drug-likeness (QED) is 0.0165. The lowest BCUT2D eigenvalue weighted by atomic mass is 10.0. The number of hydrogen-bond acceptors (Lipinski definition) is 12. The summed E-state index contributed by atoms with van der Waals surface area (Å²) < 4.78 is 0. The molecule has 4 rings (SSSR count). The molecule has 0 unspecified atom stereocenters. The Hall–Kier alpha value is -8.54. The molecule has 0 bridgehead atoms. The molecule has 0 aliphatic carbocycles. The fraction of sp³-hybridized carbons (Fsp3) is 0.412. The summed E-state index contributed by atoms with van der Waals surface area (Å²) in [6.07, 6.45) is 2.50. The molecule has 3 aromatic carbocycles. The monoisotopic (exact) mass is 1040 g/mol. The number of aromatic nitrogens is 1. The van der Waals surface area contributed by atoms with E-state index in [4.69, 9.17) is 17.2 Å². The number of rotatable bonds is 30. The molecule has 0 spiro atoms. The summed E-state index contributed by atoms with van der Waals surface area (Å²) in [5.41, 5.74) is 19.1. The summed E-state index contributed by atoms with van der Waals surface area (Å²) in [5.74, 6) is -7.59. The van der Waals surface area contributed by atoms with Crippen LogP contribution < -0.4 is 59.7 Å². The first kappa shape index (κ1) is 59.0. The molecule has 4 aromatic rings. The van der Waals surface area contributed by atoms with Crippen LogP contribution >= 0.6 is 0 Å². The van der Waals surface area contributed by atoms with Crippen LogP contribution in [0.25, 0.3) is 10.9 Å². The van der Waals surface area contributed by atoms with E-state index in [-0.39, 0.29) is 56.8 Å². The second kappa shape index (κ2) is 29.8. The highest BCUT2D eigenvalue weighted by atomic mass is 16.4. The average molecular weight is 1040 g/mol. The van der Waals surface area contributed by atoms with E-state index in [1.807, 2.05) is 6.07 Å². The van der Waals surface area contributed by atoms with Crippen molar-refractivity contribution in [2.24, 2.45) is 22.2 Å². The van der Waals surface area contributed by atoms with E-state index < -0.39 is 102 Å². The van der Waals surface area contributed by atoms with Crippen molar-refractivity contribution in [1.29, 1.82) is 0 Å². The molecule has 7 atom stereocenters. The first-order chi connectivity index (χ1) is 35.7. The van der Waals surface area contributed by atoms with Crippen LogP contribution in [0.2, 0.25) is 0 Å². The average Bonchev–Trinajstić information content (AvgIpc) is 3.78. The zero-order valence-corrected chi connectivity index (χ0v) is 42.2. The fourth-order valence-electron chi connectivity index (χ4n) is 7.81. The van der Waals surface area contributed by atoms with Crippen molar-refractivity contribution in [2.45, 2.75) is 114 Å². The number of phenolic OH excluding ortho intramolecular Hbond substituents is 1. The van der Waals surface area contributed by atoms with Crippen LogP contribution in [-0.2, 0) is 62.4 Å². The number of benzene rings is 3. The van der Waals surface area contributed by atoms with Gasteiger partial charge in [-0.3, -0.25) is 43.3 Å². The van der Waals surface area contributed by atoms with Crippen molar-refractivity contribution in [2.75, 3.05) is 19.6 Å². The van der Waals surface area contributed by atoms with Gasteiger partial charge in [0.2, 0.25) is 47.3 Å². The van der Waals surface area contributed by atoms with Crippen molar-refractivity contribution in [3.8, 4) is 5.75 Å². The summed E-state index contributed by atoms with van der Waals surface area (Å²) in [6, 6.07) is 12.8. The van der Waals surface area contributed by atoms with Gasteiger partial charge in [-0.1, -0.05) is 60.7 Å². The van der Waals surface area contributed by atoms with Gasteiger partial charge < -0.3 is 74.9 Å². The molecule has 0 saturated heterocycles. The van der Waals surface area contributed by atoms with Crippen molar-refractivity contribution in [3.63, 3.8) is 0 Å². The number of aromatic amines is 1. The number of fused-ring (bicyclic) bond motifs is 1. The van der Waals surface area contributed by atoms with Crippen LogP contribution in [0.15, 0.2) is 90.1 Å². The molecule has 0 saturated carbocycles. The van der Waals surface area contributed by atoms with E-state index >= 15 is 0 Å². The number of unbranched alkanes of at least 4 members (excludes halogenated alkanes) is 1. The van der Waals surface area contributed by atoms with Crippen LogP contribution in [0.1, 0.15) is 69.6 Å². The predicted molar refractivity (Wildman–Crippen MR) is 278 cm³/mol. The third-order valence-electron chi connectivity index (χ3n) is 11.8. The van der Waals surface area contributed by atoms with E-state index in [1.54, 1.807) is 54.7 Å². The molecule has 0 aliphatic heterocycles. The smallest absolute Gasteiger partial charge is 0.326 e. The number of phenols is 1. The molecule has 0 aliphatic rings. The number of carbonyl (C=O) groups excluding carboxylic acids is 8. The summed E-state index contributed by atoms with van der Waals surface area (Å²) in [7, 11) is 0. The van der Waals surface area contributed by atoms with Gasteiger partial charge in [0.05, 0.1) is 6.54 Å². The van der Waals surface area contributed by atoms with Crippen LogP contribution in [0.5, 0.6) is 5.75 Å². The lowest BCUT2D eigenvalue weighted by Crippen LogP contribution is -2.59. The minimum absolute atomic E-state index is 0.0253. The number of para-hydroxylation sites is 1. The molecule has 0 radical (unpaired) electrons. The van der Waals surface area contributed by atoms with Crippen LogP contribution in [0, 0.1) is 0 Å². The van der Waals surface area contributed by atoms with Gasteiger partial charge in [-0.15, -0.1) is 0 Å². The minimum atomic E-state index is -1.43. The Labute approximate surface area is 433 Å². The van der Waals surface area contributed by atoms with Gasteiger partial charge in [0, 0.05) is 49.8 Å². The second-order valence-corrected chi connectivity index (χ2v) is 17.9. The highest BCUT2D eigenvalue weighted by Gasteiger charge is 2.33. The fourth-order valence-corrected chi connectivity index (χ4v) is 7.81. The molecular formula is C51H69N13O11. The molecule has 8 amide bonds. The van der Waals surface area contributed by atoms with Crippen molar-refractivity contribution in [1.82, 2.24) is 47.5 Å². The molecule has 1 heterocycles. The molecule has 75 heavy (non-hydrogen) atoms. The Morgan fingerprint density at radius 3 is 1.75 bits per heavy atom. The summed E-state index contributed by atoms with van der Waals surface area (Å²) in [4.78, 5) is 127. The SMILES string of the molecule is CC(=O)N[C@@H](C)C(=O)N[C@@H](Cc1ccccc1)C(=O)NCC(=O)N[C@@H](CCCN=C(N)N)C(=O)N[C@@H](Cc1c[nH]c2ccccc12)C(=O)N[C@@H](Cc1ccc(O)cc1)C(=O)N[C@@H](C)C(=O)N[C@@H](CCCCN)C(=O)O. The Bertz CT molecular complexity index is 2620. The largest absolute Gasteiger partial charge is 0.508 e. The molecule has 24 heteroatoms. The van der Waals surface area contributed by atoms with Gasteiger partial charge in [-0.25, -0.2) is 4.79 Å². The van der Waals surface area contributed by atoms with E-state index in [0.29, 0.717) is 36.1 Å². The summed E-state index contributed by atoms with van der Waals surface area (Å²) in [5, 5.41) is 41.0. The lowest BCUT2D eigenvalue weighted by Gasteiger charge is -2.26. The van der Waals surface area contributed by atoms with Crippen LogP contribution in [0.3, 0.4) is 0 Å². The third-order valence-corrected chi connectivity index (χ3v) is 11.8. The number of guanidine groups is 1. The Morgan fingerprint density at radius 2 is 1.12 bits per heavy atom. The Kier molecular flexibility index (Phi) is 23.5. The number of H-pyrrole nitrogens is 1. The number of hydrogen-bond donors (Lipinski definition) is 14. The maximum Gasteiger partial charge on any atom is 0.326 e. The van der Waals surface area contributed by atoms with E-state index in [9.17, 15) is 53.4 Å². The first-order valence-electron chi connectivity index (χ1n) is 24.5. The van der Waals surface area contributed by atoms with Gasteiger partial charge in [0.1, 0.15) is 48.0 Å². The standard InChI is InChI=1S/C51H69N13O11/c1-29(58-31(3)65)44(68)62-40(24-32-12-5-4-6-13-32)46(70)57-28-43(67)60-38(17-11-23-55-51(53)54)47(71)64-42(26-34-27-56-37-15-8-7-14-36(34)37)49(73)63-41(25-33-18-20-35(66)21-19-33)48(72)59-30(2)45(69)61-39(50(74)75)16-9-10-22-52/h4-8,12-15,18-21,27,29-30,38-42,56,66H,9-11,16-17,22-26,28,52H2,1-3H3,(H,57,70)(H,58,65)(H,59,72)(H,60,67)(H,61,69)(H,62,68)(H,63,73)(H,64,71)(H,74,75)(H4,53,54,55)/t29-,30-,38-,39-,40-,41-,42-/m0/s1. The molecular weight excluding hydrogens is 971 g/mol. The van der Waals surface area contributed by atoms with Crippen molar-refractivity contribution < 1.29 is 53.4 Å². The molecule has 17 N–H and O–H groups in total. The maximum atomic E-state index is 14.6. The predicted octanol–water partition coefficient (Wildman–Crippen LogP) is -1.26. The molecule has 404 valence electrons. The number of nitrogens with two attached hydrogens (primary N) is 3. The Morgan fingerprint density at radius 1 is 0.587 bits per heavy atom. The highest BCUT2D eigenvalue weighted by molar-refractivity contribution is 5.98. The number of amides is 8. The van der Waals surface area contributed by atoms with E-state index in [0.717, 1.165) is 10.9 Å². The number of nitrogens with one attached hydrogen (secondary N) is 9. The number of aromatic hydroxyl groups is 1. The highest BCUT2D eigenvalue weighted by Crippen LogP contribution is 2.20. The number of aliphatic imine (C=N–C) groups is 1. The lowest BCUT2D eigenvalue weighted by molar-refractivity contribution is -0.142. The first-order valence-corrected chi connectivity index (χ1v) is 24.5. The normalized spacial score (nSPS) is 13.7. The minimum Gasteiger partial charge on any atom is -0.508 e. The number of aliphatic carboxylic acids is 1. The number of carboxylic acid groups (broad SMARTS) is 1. The van der Waals surface area contributed by atoms with Crippen molar-refractivity contribution >= 4 is 70.1 Å². The van der Waals surface area contributed by atoms with E-state index in [2.05, 4.69) is 52.5 Å².